The molecule has 0 saturated heterocycles. The molecule has 0 spiro atoms. The number of halogens is 1. The molecule has 0 aliphatic heterocycles. The summed E-state index contributed by atoms with van der Waals surface area (Å²) in [7, 11) is 3.05. The molecular weight excluding hydrogens is 532 g/mol. The predicted molar refractivity (Wildman–Crippen MR) is 151 cm³/mol. The van der Waals surface area contributed by atoms with E-state index < -0.39 is 41.4 Å². The molecule has 0 saturated carbocycles. The number of rotatable bonds is 10. The maximum atomic E-state index is 11.5. The van der Waals surface area contributed by atoms with E-state index >= 15 is 0 Å². The highest BCUT2D eigenvalue weighted by atomic mass is 35.5. The molecule has 0 rings (SSSR count). The van der Waals surface area contributed by atoms with E-state index in [9.17, 15) is 19.2 Å². The van der Waals surface area contributed by atoms with Gasteiger partial charge in [-0.15, -0.1) is 12.4 Å². The van der Waals surface area contributed by atoms with Crippen molar-refractivity contribution in [2.75, 3.05) is 38.1 Å². The molecule has 2 atom stereocenters. The molecule has 6 N–H and O–H groups in total. The highest BCUT2D eigenvalue weighted by molar-refractivity contribution is 7.98. The number of aliphatic carboxylic acids is 1. The molecular formula is C22H47ClN4O7S2. The van der Waals surface area contributed by atoms with Gasteiger partial charge in [-0.1, -0.05) is 0 Å². The number of nitrogens with two attached hydrogens (primary N) is 1. The van der Waals surface area contributed by atoms with Gasteiger partial charge in [-0.05, 0) is 85.4 Å². The van der Waals surface area contributed by atoms with Crippen molar-refractivity contribution in [3.63, 3.8) is 0 Å². The van der Waals surface area contributed by atoms with E-state index in [2.05, 4.69) is 21.7 Å². The molecule has 0 aromatic carbocycles. The smallest absolute Gasteiger partial charge is 0.408 e. The van der Waals surface area contributed by atoms with E-state index in [0.29, 0.717) is 18.6 Å². The van der Waals surface area contributed by atoms with E-state index in [1.807, 2.05) is 12.5 Å². The Kier molecular flexibility index (Phi) is 26.1. The van der Waals surface area contributed by atoms with Gasteiger partial charge in [0.25, 0.3) is 0 Å². The Labute approximate surface area is 230 Å². The summed E-state index contributed by atoms with van der Waals surface area (Å²) >= 11 is 3.16. The summed E-state index contributed by atoms with van der Waals surface area (Å²) in [5, 5.41) is 16.3. The Morgan fingerprint density at radius 2 is 1.14 bits per heavy atom. The minimum absolute atomic E-state index is 0. The van der Waals surface area contributed by atoms with Crippen LogP contribution in [0.4, 0.5) is 9.59 Å². The number of carbonyl (C=O) groups is 4. The van der Waals surface area contributed by atoms with Gasteiger partial charge in [-0.2, -0.15) is 23.5 Å². The fourth-order valence-corrected chi connectivity index (χ4v) is 3.01. The van der Waals surface area contributed by atoms with Gasteiger partial charge in [0.15, 0.2) is 0 Å². The van der Waals surface area contributed by atoms with Crippen molar-refractivity contribution in [1.82, 2.24) is 16.0 Å². The van der Waals surface area contributed by atoms with Gasteiger partial charge in [0.05, 0.1) is 0 Å². The molecule has 0 heterocycles. The van der Waals surface area contributed by atoms with Gasteiger partial charge in [0, 0.05) is 7.05 Å². The van der Waals surface area contributed by atoms with E-state index in [-0.39, 0.29) is 18.3 Å². The summed E-state index contributed by atoms with van der Waals surface area (Å²) in [5.74, 6) is 0.227. The van der Waals surface area contributed by atoms with E-state index in [0.717, 1.165) is 5.75 Å². The number of hydrogen-bond acceptors (Lipinski definition) is 9. The van der Waals surface area contributed by atoms with E-state index in [1.54, 1.807) is 60.4 Å². The van der Waals surface area contributed by atoms with Crippen LogP contribution in [0.15, 0.2) is 0 Å². The van der Waals surface area contributed by atoms with Crippen molar-refractivity contribution >= 4 is 60.0 Å². The predicted octanol–water partition coefficient (Wildman–Crippen LogP) is 3.09. The third kappa shape index (κ3) is 27.0. The molecule has 11 nitrogen and oxygen atoms in total. The topological polar surface area (TPSA) is 169 Å². The highest BCUT2D eigenvalue weighted by Crippen LogP contribution is 2.09. The average Bonchev–Trinajstić information content (AvgIpc) is 2.72. The number of likely N-dealkylation sites (N-methyl/N-ethyl adjacent to an activating group) is 1. The second kappa shape index (κ2) is 22.6. The van der Waals surface area contributed by atoms with E-state index in [4.69, 9.17) is 14.6 Å². The second-order valence-electron chi connectivity index (χ2n) is 8.91. The van der Waals surface area contributed by atoms with Gasteiger partial charge < -0.3 is 36.3 Å². The number of carboxylic acid groups (broad SMARTS) is 1. The summed E-state index contributed by atoms with van der Waals surface area (Å²) in [6.07, 6.45) is 3.55. The van der Waals surface area contributed by atoms with Crippen molar-refractivity contribution in [3.8, 4) is 0 Å². The number of alkyl carbamates (subject to hydrolysis) is 2. The standard InChI is InChI=1S/C11H22N2O3S.C10H19NO4S.CH5N.ClH/c1-11(2,3)16-10(15)13-8(6-7-17-5)9(14)12-4;1-10(2,3)15-9(14)11-7(8(12)13)5-6-16-4;1-2;/h8H,6-7H2,1-5H3,(H,12,14)(H,13,15);7H,5-6H2,1-4H3,(H,11,14)(H,12,13);2H2,1H3;1H/t8-;7-;;/m11../s1. The Morgan fingerprint density at radius 1 is 0.806 bits per heavy atom. The van der Waals surface area contributed by atoms with Gasteiger partial charge in [0.1, 0.15) is 23.3 Å². The number of thioether (sulfide) groups is 2. The lowest BCUT2D eigenvalue weighted by molar-refractivity contribution is -0.139. The first-order valence-electron chi connectivity index (χ1n) is 11.0. The molecule has 14 heteroatoms. The Morgan fingerprint density at radius 3 is 1.42 bits per heavy atom. The van der Waals surface area contributed by atoms with Crippen LogP contribution in [-0.4, -0.2) is 90.6 Å². The van der Waals surface area contributed by atoms with Crippen molar-refractivity contribution in [3.05, 3.63) is 0 Å². The molecule has 3 amide bonds. The van der Waals surface area contributed by atoms with Crippen LogP contribution in [0.1, 0.15) is 54.4 Å². The minimum Gasteiger partial charge on any atom is -0.480 e. The maximum Gasteiger partial charge on any atom is 0.408 e. The number of ether oxygens (including phenoxy) is 2. The summed E-state index contributed by atoms with van der Waals surface area (Å²) in [4.78, 5) is 45.2. The lowest BCUT2D eigenvalue weighted by Crippen LogP contribution is -2.47. The van der Waals surface area contributed by atoms with Crippen molar-refractivity contribution in [1.29, 1.82) is 0 Å². The fourth-order valence-electron chi connectivity index (χ4n) is 2.07. The zero-order valence-corrected chi connectivity index (χ0v) is 25.6. The lowest BCUT2D eigenvalue weighted by Gasteiger charge is -2.22. The summed E-state index contributed by atoms with van der Waals surface area (Å²) < 4.78 is 10.1. The third-order valence-electron chi connectivity index (χ3n) is 3.46. The van der Waals surface area contributed by atoms with Crippen LogP contribution in [0.3, 0.4) is 0 Å². The maximum absolute atomic E-state index is 11.5. The quantitative estimate of drug-likeness (QED) is 0.259. The molecule has 0 unspecified atom stereocenters. The number of hydrogen-bond donors (Lipinski definition) is 5. The van der Waals surface area contributed by atoms with Crippen molar-refractivity contribution in [2.24, 2.45) is 5.73 Å². The van der Waals surface area contributed by atoms with Crippen molar-refractivity contribution < 1.29 is 33.8 Å². The Hall–Kier alpha value is -1.57. The molecule has 0 aromatic heterocycles. The zero-order chi connectivity index (χ0) is 28.2. The Balaban J connectivity index is -0.000000259. The van der Waals surface area contributed by atoms with Gasteiger partial charge in [-0.3, -0.25) is 4.79 Å². The molecule has 0 aliphatic carbocycles. The largest absolute Gasteiger partial charge is 0.480 e. The summed E-state index contributed by atoms with van der Waals surface area (Å²) in [5.41, 5.74) is 3.32. The number of carbonyl (C=O) groups excluding carboxylic acids is 3. The number of amides is 3. The van der Waals surface area contributed by atoms with Crippen LogP contribution in [0, 0.1) is 0 Å². The van der Waals surface area contributed by atoms with Crippen LogP contribution >= 0.6 is 35.9 Å². The SMILES string of the molecule is CN.CNC(=O)[C@@H](CCSC)NC(=O)OC(C)(C)C.CSCC[C@@H](NC(=O)OC(C)(C)C)C(=O)O.Cl. The average molecular weight is 579 g/mol. The molecule has 0 aliphatic rings. The number of nitrogens with one attached hydrogen (secondary N) is 3. The van der Waals surface area contributed by atoms with Crippen LogP contribution < -0.4 is 21.7 Å². The molecule has 36 heavy (non-hydrogen) atoms. The first kappa shape index (κ1) is 41.6. The van der Waals surface area contributed by atoms with Crippen LogP contribution in [0.25, 0.3) is 0 Å². The van der Waals surface area contributed by atoms with Crippen LogP contribution in [0.5, 0.6) is 0 Å². The highest BCUT2D eigenvalue weighted by Gasteiger charge is 2.24. The first-order valence-corrected chi connectivity index (χ1v) is 13.8. The first-order chi connectivity index (χ1) is 16.1. The molecule has 0 aromatic rings. The van der Waals surface area contributed by atoms with Gasteiger partial charge in [-0.25, -0.2) is 14.4 Å². The summed E-state index contributed by atoms with van der Waals surface area (Å²) in [6, 6.07) is -1.43. The van der Waals surface area contributed by atoms with Gasteiger partial charge in [0.2, 0.25) is 5.91 Å². The zero-order valence-electron chi connectivity index (χ0n) is 23.2. The van der Waals surface area contributed by atoms with Crippen LogP contribution in [-0.2, 0) is 19.1 Å². The lowest BCUT2D eigenvalue weighted by atomic mass is 10.2. The van der Waals surface area contributed by atoms with Crippen molar-refractivity contribution in [2.45, 2.75) is 77.7 Å². The second-order valence-corrected chi connectivity index (χ2v) is 10.9. The Bertz CT molecular complexity index is 630. The summed E-state index contributed by atoms with van der Waals surface area (Å²) in [6.45, 7) is 10.5. The molecule has 0 fully saturated rings. The molecule has 216 valence electrons. The minimum atomic E-state index is -1.04. The monoisotopic (exact) mass is 578 g/mol. The molecule has 0 bridgehead atoms. The third-order valence-corrected chi connectivity index (χ3v) is 4.75. The number of carboxylic acids is 1. The van der Waals surface area contributed by atoms with E-state index in [1.165, 1.54) is 18.8 Å². The fraction of sp³-hybridized carbons (Fsp3) is 0.818. The van der Waals surface area contributed by atoms with Gasteiger partial charge >= 0.3 is 18.2 Å². The van der Waals surface area contributed by atoms with Crippen LogP contribution in [0.2, 0.25) is 0 Å². The molecule has 0 radical (unpaired) electrons. The normalized spacial score (nSPS) is 12.0.